The minimum atomic E-state index is 0.933. The third kappa shape index (κ3) is 2.92. The van der Waals surface area contributed by atoms with E-state index in [0.717, 1.165) is 26.1 Å². The largest absolute Gasteiger partial charge is 0.349 e. The number of hydrogen-bond donors (Lipinski definition) is 1. The van der Waals surface area contributed by atoms with Crippen molar-refractivity contribution in [3.05, 3.63) is 10.6 Å². The third-order valence-corrected chi connectivity index (χ3v) is 3.63. The molecule has 0 spiro atoms. The average molecular weight is 227 g/mol. The van der Waals surface area contributed by atoms with Crippen molar-refractivity contribution in [2.45, 2.75) is 33.7 Å². The summed E-state index contributed by atoms with van der Waals surface area (Å²) in [5, 5.41) is 4.37. The fraction of sp³-hybridized carbons (Fsp3) is 0.727. The predicted molar refractivity (Wildman–Crippen MR) is 67.8 cm³/mol. The molecule has 0 saturated carbocycles. The van der Waals surface area contributed by atoms with Crippen LogP contribution in [0.2, 0.25) is 0 Å². The van der Waals surface area contributed by atoms with Crippen LogP contribution in [0, 0.1) is 0 Å². The highest BCUT2D eigenvalue weighted by Crippen LogP contribution is 2.26. The molecular weight excluding hydrogens is 206 g/mol. The molecule has 1 rings (SSSR count). The average Bonchev–Trinajstić information content (AvgIpc) is 2.64. The molecular formula is C11H21N3S. The topological polar surface area (TPSA) is 28.2 Å². The molecule has 86 valence electrons. The number of aromatic nitrogens is 1. The van der Waals surface area contributed by atoms with Gasteiger partial charge in [-0.1, -0.05) is 6.92 Å². The molecule has 0 saturated heterocycles. The smallest absolute Gasteiger partial charge is 0.185 e. The normalized spacial score (nSPS) is 10.7. The fourth-order valence-corrected chi connectivity index (χ4v) is 2.86. The molecule has 0 amide bonds. The van der Waals surface area contributed by atoms with Gasteiger partial charge in [0.15, 0.2) is 5.13 Å². The molecule has 0 aromatic carbocycles. The first-order chi connectivity index (χ1) is 7.26. The van der Waals surface area contributed by atoms with E-state index in [-0.39, 0.29) is 0 Å². The number of aryl methyl sites for hydroxylation is 1. The zero-order chi connectivity index (χ0) is 11.3. The van der Waals surface area contributed by atoms with E-state index >= 15 is 0 Å². The van der Waals surface area contributed by atoms with Gasteiger partial charge in [0.05, 0.1) is 5.69 Å². The van der Waals surface area contributed by atoms with Crippen molar-refractivity contribution in [1.82, 2.24) is 10.3 Å². The number of thiazole rings is 1. The van der Waals surface area contributed by atoms with Crippen LogP contribution in [0.15, 0.2) is 0 Å². The molecule has 0 bridgehead atoms. The van der Waals surface area contributed by atoms with Gasteiger partial charge in [-0.05, 0) is 27.3 Å². The highest BCUT2D eigenvalue weighted by molar-refractivity contribution is 7.15. The first-order valence-electron chi connectivity index (χ1n) is 5.64. The number of nitrogens with zero attached hydrogens (tertiary/aromatic N) is 2. The molecule has 0 aliphatic carbocycles. The lowest BCUT2D eigenvalue weighted by molar-refractivity contribution is 0.812. The summed E-state index contributed by atoms with van der Waals surface area (Å²) in [4.78, 5) is 8.38. The molecule has 1 aromatic rings. The van der Waals surface area contributed by atoms with E-state index in [1.807, 2.05) is 18.4 Å². The van der Waals surface area contributed by atoms with Gasteiger partial charge in [-0.25, -0.2) is 4.98 Å². The zero-order valence-electron chi connectivity index (χ0n) is 10.1. The van der Waals surface area contributed by atoms with Crippen LogP contribution < -0.4 is 10.2 Å². The molecule has 4 heteroatoms. The molecule has 0 aliphatic rings. The van der Waals surface area contributed by atoms with Gasteiger partial charge in [-0.15, -0.1) is 11.3 Å². The van der Waals surface area contributed by atoms with E-state index in [1.54, 1.807) is 0 Å². The first kappa shape index (κ1) is 12.5. The molecule has 15 heavy (non-hydrogen) atoms. The highest BCUT2D eigenvalue weighted by atomic mass is 32.1. The van der Waals surface area contributed by atoms with Gasteiger partial charge in [0.2, 0.25) is 0 Å². The molecule has 0 atom stereocenters. The van der Waals surface area contributed by atoms with Crippen LogP contribution in [0.25, 0.3) is 0 Å². The Hall–Kier alpha value is -0.610. The van der Waals surface area contributed by atoms with Gasteiger partial charge in [-0.2, -0.15) is 0 Å². The Balaban J connectivity index is 2.90. The monoisotopic (exact) mass is 227 g/mol. The zero-order valence-corrected chi connectivity index (χ0v) is 10.9. The van der Waals surface area contributed by atoms with Crippen LogP contribution in [0.4, 0.5) is 5.13 Å². The van der Waals surface area contributed by atoms with Gasteiger partial charge in [-0.3, -0.25) is 0 Å². The first-order valence-corrected chi connectivity index (χ1v) is 6.46. The lowest BCUT2D eigenvalue weighted by Gasteiger charge is -2.16. The second kappa shape index (κ2) is 6.08. The minimum Gasteiger partial charge on any atom is -0.349 e. The van der Waals surface area contributed by atoms with Gasteiger partial charge >= 0.3 is 0 Å². The van der Waals surface area contributed by atoms with E-state index in [9.17, 15) is 0 Å². The van der Waals surface area contributed by atoms with Crippen molar-refractivity contribution < 1.29 is 0 Å². The maximum Gasteiger partial charge on any atom is 0.185 e. The standard InChI is InChI=1S/C11H21N3S/c1-5-9-10(8-12-4)15-11(13-9)14(6-2)7-3/h12H,5-8H2,1-4H3. The van der Waals surface area contributed by atoms with Crippen LogP contribution in [-0.4, -0.2) is 25.1 Å². The SMILES string of the molecule is CCc1nc(N(CC)CC)sc1CNC. The summed E-state index contributed by atoms with van der Waals surface area (Å²) in [6.07, 6.45) is 1.02. The number of rotatable bonds is 6. The predicted octanol–water partition coefficient (Wildman–Crippen LogP) is 2.27. The summed E-state index contributed by atoms with van der Waals surface area (Å²) in [5.41, 5.74) is 1.25. The van der Waals surface area contributed by atoms with E-state index in [1.165, 1.54) is 15.7 Å². The Kier molecular flexibility index (Phi) is 5.05. The molecule has 0 aliphatic heterocycles. The maximum atomic E-state index is 4.69. The quantitative estimate of drug-likeness (QED) is 0.808. The lowest BCUT2D eigenvalue weighted by atomic mass is 10.3. The Morgan fingerprint density at radius 1 is 1.27 bits per heavy atom. The molecule has 1 aromatic heterocycles. The second-order valence-corrected chi connectivity index (χ2v) is 4.48. The van der Waals surface area contributed by atoms with E-state index in [2.05, 4.69) is 31.0 Å². The summed E-state index contributed by atoms with van der Waals surface area (Å²) in [7, 11) is 1.98. The molecule has 0 fully saturated rings. The van der Waals surface area contributed by atoms with Crippen LogP contribution in [0.1, 0.15) is 31.3 Å². The summed E-state index contributed by atoms with van der Waals surface area (Å²) in [6, 6.07) is 0. The lowest BCUT2D eigenvalue weighted by Crippen LogP contribution is -2.21. The van der Waals surface area contributed by atoms with Gasteiger partial charge in [0, 0.05) is 24.5 Å². The second-order valence-electron chi connectivity index (χ2n) is 3.42. The van der Waals surface area contributed by atoms with Crippen molar-refractivity contribution in [3.63, 3.8) is 0 Å². The van der Waals surface area contributed by atoms with Crippen LogP contribution in [0.3, 0.4) is 0 Å². The van der Waals surface area contributed by atoms with Crippen molar-refractivity contribution in [2.24, 2.45) is 0 Å². The number of anilines is 1. The highest BCUT2D eigenvalue weighted by Gasteiger charge is 2.12. The molecule has 1 heterocycles. The summed E-state index contributed by atoms with van der Waals surface area (Å²) < 4.78 is 0. The summed E-state index contributed by atoms with van der Waals surface area (Å²) >= 11 is 1.82. The molecule has 0 radical (unpaired) electrons. The van der Waals surface area contributed by atoms with Crippen molar-refractivity contribution in [1.29, 1.82) is 0 Å². The van der Waals surface area contributed by atoms with E-state index in [0.29, 0.717) is 0 Å². The van der Waals surface area contributed by atoms with Crippen LogP contribution in [0.5, 0.6) is 0 Å². The maximum absolute atomic E-state index is 4.69. The van der Waals surface area contributed by atoms with Crippen LogP contribution in [-0.2, 0) is 13.0 Å². The Morgan fingerprint density at radius 3 is 2.40 bits per heavy atom. The van der Waals surface area contributed by atoms with E-state index in [4.69, 9.17) is 4.98 Å². The summed E-state index contributed by atoms with van der Waals surface area (Å²) in [6.45, 7) is 9.52. The van der Waals surface area contributed by atoms with Crippen LogP contribution >= 0.6 is 11.3 Å². The third-order valence-electron chi connectivity index (χ3n) is 2.47. The minimum absolute atomic E-state index is 0.933. The number of hydrogen-bond acceptors (Lipinski definition) is 4. The Bertz CT molecular complexity index is 292. The molecule has 0 unspecified atom stereocenters. The van der Waals surface area contributed by atoms with Gasteiger partial charge in [0.25, 0.3) is 0 Å². The molecule has 3 nitrogen and oxygen atoms in total. The van der Waals surface area contributed by atoms with Crippen molar-refractivity contribution >= 4 is 16.5 Å². The number of nitrogens with one attached hydrogen (secondary N) is 1. The van der Waals surface area contributed by atoms with Crippen molar-refractivity contribution in [2.75, 3.05) is 25.0 Å². The molecule has 1 N–H and O–H groups in total. The Labute approximate surface area is 96.5 Å². The summed E-state index contributed by atoms with van der Waals surface area (Å²) in [5.74, 6) is 0. The van der Waals surface area contributed by atoms with Gasteiger partial charge < -0.3 is 10.2 Å². The fourth-order valence-electron chi connectivity index (χ4n) is 1.57. The Morgan fingerprint density at radius 2 is 1.93 bits per heavy atom. The van der Waals surface area contributed by atoms with E-state index < -0.39 is 0 Å². The van der Waals surface area contributed by atoms with Crippen molar-refractivity contribution in [3.8, 4) is 0 Å². The van der Waals surface area contributed by atoms with Gasteiger partial charge in [0.1, 0.15) is 0 Å².